The Morgan fingerprint density at radius 2 is 1.71 bits per heavy atom. The van der Waals surface area contributed by atoms with Crippen LogP contribution in [0.1, 0.15) is 11.1 Å². The zero-order valence-electron chi connectivity index (χ0n) is 17.4. The minimum atomic E-state index is -0.902. The minimum absolute atomic E-state index is 0.194. The molecule has 0 unspecified atom stereocenters. The minimum Gasteiger partial charge on any atom is -0.489 e. The maximum atomic E-state index is 13.0. The summed E-state index contributed by atoms with van der Waals surface area (Å²) in [7, 11) is 0. The highest BCUT2D eigenvalue weighted by Gasteiger charge is 2.36. The number of benzene rings is 3. The molecule has 1 fully saturated rings. The molecule has 1 N–H and O–H groups in total. The fourth-order valence-electron chi connectivity index (χ4n) is 3.23. The Bertz CT molecular complexity index is 1320. The molecule has 4 rings (SSSR count). The number of amides is 4. The van der Waals surface area contributed by atoms with Crippen molar-refractivity contribution in [2.75, 3.05) is 4.90 Å². The fraction of sp³-hybridized carbons (Fsp3) is 0.0417. The molecule has 9 nitrogen and oxygen atoms in total. The van der Waals surface area contributed by atoms with Gasteiger partial charge in [-0.2, -0.15) is 0 Å². The van der Waals surface area contributed by atoms with Crippen molar-refractivity contribution in [3.8, 4) is 5.75 Å². The van der Waals surface area contributed by atoms with E-state index < -0.39 is 22.8 Å². The quantitative estimate of drug-likeness (QED) is 0.242. The number of nitro groups is 1. The van der Waals surface area contributed by atoms with Crippen LogP contribution in [0.25, 0.3) is 6.08 Å². The molecule has 0 aliphatic carbocycles. The van der Waals surface area contributed by atoms with E-state index in [-0.39, 0.29) is 22.5 Å². The number of hydrogen-bond acceptors (Lipinski definition) is 6. The highest BCUT2D eigenvalue weighted by Crippen LogP contribution is 2.25. The van der Waals surface area contributed by atoms with Crippen LogP contribution < -0.4 is 15.0 Å². The van der Waals surface area contributed by atoms with Gasteiger partial charge >= 0.3 is 6.03 Å². The normalized spacial score (nSPS) is 14.8. The zero-order chi connectivity index (χ0) is 24.2. The number of carbonyl (C=O) groups is 3. The number of nitro benzene ring substituents is 1. The first-order valence-corrected chi connectivity index (χ1v) is 10.3. The summed E-state index contributed by atoms with van der Waals surface area (Å²) in [6.45, 7) is 0.296. The third-order valence-corrected chi connectivity index (χ3v) is 5.16. The molecular weight excluding hydrogens is 462 g/mol. The van der Waals surface area contributed by atoms with Crippen LogP contribution in [0.5, 0.6) is 5.75 Å². The number of nitrogens with zero attached hydrogens (tertiary/aromatic N) is 2. The van der Waals surface area contributed by atoms with Gasteiger partial charge in [-0.15, -0.1) is 0 Å². The summed E-state index contributed by atoms with van der Waals surface area (Å²) in [5, 5.41) is 13.7. The summed E-state index contributed by atoms with van der Waals surface area (Å²) in [5.41, 5.74) is 0.878. The predicted octanol–water partition coefficient (Wildman–Crippen LogP) is 4.49. The smallest absolute Gasteiger partial charge is 0.335 e. The number of nitrogens with one attached hydrogen (secondary N) is 1. The number of halogens is 1. The summed E-state index contributed by atoms with van der Waals surface area (Å²) in [5.74, 6) is -1.23. The summed E-state index contributed by atoms with van der Waals surface area (Å²) < 4.78 is 5.71. The van der Waals surface area contributed by atoms with Crippen LogP contribution in [-0.4, -0.2) is 22.8 Å². The molecule has 0 atom stereocenters. The van der Waals surface area contributed by atoms with Crippen LogP contribution in [-0.2, 0) is 16.2 Å². The lowest BCUT2D eigenvalue weighted by Gasteiger charge is -2.26. The third-order valence-electron chi connectivity index (χ3n) is 4.91. The number of ether oxygens (including phenoxy) is 1. The molecule has 1 aliphatic rings. The number of imide groups is 2. The second-order valence-corrected chi connectivity index (χ2v) is 7.66. The molecule has 170 valence electrons. The maximum Gasteiger partial charge on any atom is 0.335 e. The van der Waals surface area contributed by atoms with Gasteiger partial charge in [0.15, 0.2) is 0 Å². The van der Waals surface area contributed by atoms with Crippen LogP contribution >= 0.6 is 11.6 Å². The molecule has 0 radical (unpaired) electrons. The highest BCUT2D eigenvalue weighted by atomic mass is 35.5. The average Bonchev–Trinajstić information content (AvgIpc) is 2.82. The van der Waals surface area contributed by atoms with Crippen molar-refractivity contribution in [2.45, 2.75) is 6.61 Å². The Labute approximate surface area is 198 Å². The van der Waals surface area contributed by atoms with E-state index in [0.717, 1.165) is 10.5 Å². The van der Waals surface area contributed by atoms with E-state index in [9.17, 15) is 24.5 Å². The van der Waals surface area contributed by atoms with Crippen molar-refractivity contribution >= 4 is 46.9 Å². The van der Waals surface area contributed by atoms with Gasteiger partial charge in [0.2, 0.25) is 0 Å². The first-order valence-electron chi connectivity index (χ1n) is 9.95. The molecule has 10 heteroatoms. The predicted molar refractivity (Wildman–Crippen MR) is 124 cm³/mol. The van der Waals surface area contributed by atoms with Crippen molar-refractivity contribution in [3.63, 3.8) is 0 Å². The van der Waals surface area contributed by atoms with Gasteiger partial charge < -0.3 is 4.74 Å². The summed E-state index contributed by atoms with van der Waals surface area (Å²) >= 11 is 5.87. The van der Waals surface area contributed by atoms with Crippen molar-refractivity contribution in [1.29, 1.82) is 0 Å². The molecule has 3 aromatic rings. The monoisotopic (exact) mass is 477 g/mol. The molecule has 1 saturated heterocycles. The summed E-state index contributed by atoms with van der Waals surface area (Å²) in [4.78, 5) is 48.9. The summed E-state index contributed by atoms with van der Waals surface area (Å²) in [6, 6.07) is 17.9. The van der Waals surface area contributed by atoms with Crippen LogP contribution in [0.3, 0.4) is 0 Å². The molecule has 1 heterocycles. The van der Waals surface area contributed by atoms with Gasteiger partial charge in [-0.1, -0.05) is 35.9 Å². The molecule has 0 spiro atoms. The van der Waals surface area contributed by atoms with Crippen molar-refractivity contribution in [3.05, 3.63) is 105 Å². The topological polar surface area (TPSA) is 119 Å². The van der Waals surface area contributed by atoms with E-state index >= 15 is 0 Å². The van der Waals surface area contributed by atoms with Gasteiger partial charge in [0, 0.05) is 17.2 Å². The Morgan fingerprint density at radius 1 is 1.00 bits per heavy atom. The number of anilines is 1. The SMILES string of the molecule is O=C1NC(=O)N(c2ccc(OCc3ccc(Cl)cc3)cc2)C(=O)/C1=C/c1cccc([N+](=O)[O-])c1. The standard InChI is InChI=1S/C24H16ClN3O6/c25-17-6-4-15(5-7-17)14-34-20-10-8-18(9-11-20)27-23(30)21(22(29)26-24(27)31)13-16-2-1-3-19(12-16)28(32)33/h1-13H,14H2,(H,26,29,31)/b21-13+. The maximum absolute atomic E-state index is 13.0. The molecule has 34 heavy (non-hydrogen) atoms. The van der Waals surface area contributed by atoms with E-state index in [2.05, 4.69) is 5.32 Å². The van der Waals surface area contributed by atoms with Gasteiger partial charge in [0.25, 0.3) is 17.5 Å². The van der Waals surface area contributed by atoms with Gasteiger partial charge in [0.05, 0.1) is 10.6 Å². The Balaban J connectivity index is 1.53. The first-order chi connectivity index (χ1) is 16.3. The average molecular weight is 478 g/mol. The van der Waals surface area contributed by atoms with E-state index in [1.165, 1.54) is 42.5 Å². The number of non-ortho nitro benzene ring substituents is 1. The lowest BCUT2D eigenvalue weighted by molar-refractivity contribution is -0.384. The van der Waals surface area contributed by atoms with Gasteiger partial charge in [-0.25, -0.2) is 9.69 Å². The van der Waals surface area contributed by atoms with Crippen molar-refractivity contribution < 1.29 is 24.0 Å². The Hall–Kier alpha value is -4.50. The molecule has 4 amide bonds. The van der Waals surface area contributed by atoms with Crippen molar-refractivity contribution in [2.24, 2.45) is 0 Å². The largest absolute Gasteiger partial charge is 0.489 e. The van der Waals surface area contributed by atoms with Crippen LogP contribution in [0.4, 0.5) is 16.2 Å². The number of rotatable bonds is 6. The second-order valence-electron chi connectivity index (χ2n) is 7.22. The molecule has 0 bridgehead atoms. The molecule has 3 aromatic carbocycles. The number of barbiturate groups is 1. The first kappa shape index (κ1) is 22.7. The van der Waals surface area contributed by atoms with E-state index in [4.69, 9.17) is 16.3 Å². The van der Waals surface area contributed by atoms with E-state index in [1.54, 1.807) is 24.3 Å². The van der Waals surface area contributed by atoms with Crippen LogP contribution in [0.15, 0.2) is 78.4 Å². The third kappa shape index (κ3) is 4.94. The summed E-state index contributed by atoms with van der Waals surface area (Å²) in [6.07, 6.45) is 1.20. The Kier molecular flexibility index (Phi) is 6.37. The Morgan fingerprint density at radius 3 is 2.38 bits per heavy atom. The number of urea groups is 1. The van der Waals surface area contributed by atoms with Crippen LogP contribution in [0, 0.1) is 10.1 Å². The molecule has 0 saturated carbocycles. The lowest BCUT2D eigenvalue weighted by Crippen LogP contribution is -2.54. The fourth-order valence-corrected chi connectivity index (χ4v) is 3.35. The molecular formula is C24H16ClN3O6. The van der Waals surface area contributed by atoms with Gasteiger partial charge in [-0.3, -0.25) is 25.0 Å². The van der Waals surface area contributed by atoms with E-state index in [0.29, 0.717) is 17.4 Å². The second kappa shape index (κ2) is 9.55. The number of hydrogen-bond donors (Lipinski definition) is 1. The molecule has 1 aliphatic heterocycles. The van der Waals surface area contributed by atoms with Gasteiger partial charge in [-0.05, 0) is 53.6 Å². The number of carbonyl (C=O) groups excluding carboxylic acids is 3. The highest BCUT2D eigenvalue weighted by molar-refractivity contribution is 6.39. The lowest BCUT2D eigenvalue weighted by atomic mass is 10.1. The zero-order valence-corrected chi connectivity index (χ0v) is 18.2. The van der Waals surface area contributed by atoms with E-state index in [1.807, 2.05) is 12.1 Å². The van der Waals surface area contributed by atoms with Crippen molar-refractivity contribution in [1.82, 2.24) is 5.32 Å². The van der Waals surface area contributed by atoms with Crippen LogP contribution in [0.2, 0.25) is 5.02 Å². The van der Waals surface area contributed by atoms with Gasteiger partial charge in [0.1, 0.15) is 17.9 Å². The molecule has 0 aromatic heterocycles.